The van der Waals surface area contributed by atoms with Gasteiger partial charge in [-0.15, -0.1) is 0 Å². The molecule has 4 aromatic rings. The van der Waals surface area contributed by atoms with Crippen molar-refractivity contribution in [2.75, 3.05) is 0 Å². The fourth-order valence-corrected chi connectivity index (χ4v) is 2.95. The number of hydrogen-bond acceptors (Lipinski definition) is 3. The van der Waals surface area contributed by atoms with Gasteiger partial charge in [0, 0.05) is 35.1 Å². The second kappa shape index (κ2) is 4.72. The van der Waals surface area contributed by atoms with Crippen LogP contribution >= 0.6 is 0 Å². The van der Waals surface area contributed by atoms with Gasteiger partial charge in [0.05, 0.1) is 11.1 Å². The topological polar surface area (TPSA) is 80.7 Å². The summed E-state index contributed by atoms with van der Waals surface area (Å²) in [6.07, 6.45) is 5.39. The lowest BCUT2D eigenvalue weighted by Crippen LogP contribution is -1.88. The van der Waals surface area contributed by atoms with Crippen LogP contribution in [0.5, 0.6) is 0 Å². The highest BCUT2D eigenvalue weighted by Gasteiger charge is 2.12. The normalized spacial score (nSPS) is 10.7. The Morgan fingerprint density at radius 3 is 2.74 bits per heavy atom. The summed E-state index contributed by atoms with van der Waals surface area (Å²) in [7, 11) is 0. The average molecular weight is 297 g/mol. The third-order valence-electron chi connectivity index (χ3n) is 4.04. The van der Waals surface area contributed by atoms with Crippen LogP contribution in [0, 0.1) is 29.6 Å². The molecule has 0 fully saturated rings. The molecule has 4 rings (SSSR count). The number of aromatic nitrogens is 3. The molecule has 0 spiro atoms. The van der Waals surface area contributed by atoms with Crippen molar-refractivity contribution in [3.8, 4) is 23.3 Å². The van der Waals surface area contributed by atoms with Gasteiger partial charge in [0.15, 0.2) is 5.69 Å². The molecule has 3 heterocycles. The molecule has 1 N–H and O–H groups in total. The summed E-state index contributed by atoms with van der Waals surface area (Å²) in [6, 6.07) is 12.2. The lowest BCUT2D eigenvalue weighted by Gasteiger charge is -2.07. The van der Waals surface area contributed by atoms with Crippen LogP contribution in [0.25, 0.3) is 27.7 Å². The molecular formula is C18H11N5. The fourth-order valence-electron chi connectivity index (χ4n) is 2.95. The maximum Gasteiger partial charge on any atom is 0.159 e. The first kappa shape index (κ1) is 13.1. The van der Waals surface area contributed by atoms with Gasteiger partial charge in [-0.05, 0) is 24.6 Å². The molecule has 108 valence electrons. The predicted molar refractivity (Wildman–Crippen MR) is 86.7 cm³/mol. The molecular weight excluding hydrogens is 286 g/mol. The maximum atomic E-state index is 9.27. The molecule has 0 aliphatic heterocycles. The highest BCUT2D eigenvalue weighted by Crippen LogP contribution is 2.32. The van der Waals surface area contributed by atoms with Gasteiger partial charge in [-0.3, -0.25) is 0 Å². The summed E-state index contributed by atoms with van der Waals surface area (Å²) in [4.78, 5) is 7.42. The molecule has 3 aromatic heterocycles. The zero-order chi connectivity index (χ0) is 16.0. The number of rotatable bonds is 1. The number of benzene rings is 1. The van der Waals surface area contributed by atoms with Crippen LogP contribution < -0.4 is 0 Å². The second-order valence-electron chi connectivity index (χ2n) is 5.42. The molecule has 0 bridgehead atoms. The van der Waals surface area contributed by atoms with E-state index in [0.717, 1.165) is 33.2 Å². The zero-order valence-corrected chi connectivity index (χ0v) is 12.3. The SMILES string of the molecule is Cc1ccc(-c2ccc3nc(C#N)cn3c2)c2[nH]cc(C#N)c12. The van der Waals surface area contributed by atoms with Crippen molar-refractivity contribution in [3.63, 3.8) is 0 Å². The lowest BCUT2D eigenvalue weighted by molar-refractivity contribution is 1.19. The Kier molecular flexibility index (Phi) is 2.69. The van der Waals surface area contributed by atoms with E-state index in [1.54, 1.807) is 12.4 Å². The van der Waals surface area contributed by atoms with Crippen LogP contribution in [0.3, 0.4) is 0 Å². The number of imidazole rings is 1. The number of nitrogens with zero attached hydrogens (tertiary/aromatic N) is 4. The fraction of sp³-hybridized carbons (Fsp3) is 0.0556. The van der Waals surface area contributed by atoms with Crippen molar-refractivity contribution in [1.29, 1.82) is 10.5 Å². The standard InChI is InChI=1S/C18H11N5/c1-11-2-4-15(18-17(11)13(6-19)8-21-18)12-3-5-16-22-14(7-20)10-23(16)9-12/h2-5,8-10,21H,1H3. The van der Waals surface area contributed by atoms with Gasteiger partial charge in [0.2, 0.25) is 0 Å². The zero-order valence-electron chi connectivity index (χ0n) is 12.3. The molecule has 0 atom stereocenters. The van der Waals surface area contributed by atoms with Gasteiger partial charge in [0.25, 0.3) is 0 Å². The number of fused-ring (bicyclic) bond motifs is 2. The summed E-state index contributed by atoms with van der Waals surface area (Å²) in [5.41, 5.74) is 5.80. The smallest absolute Gasteiger partial charge is 0.159 e. The minimum atomic E-state index is 0.392. The number of nitriles is 2. The largest absolute Gasteiger partial charge is 0.359 e. The molecule has 0 aliphatic rings. The first-order valence-electron chi connectivity index (χ1n) is 7.11. The van der Waals surface area contributed by atoms with Crippen molar-refractivity contribution in [1.82, 2.24) is 14.4 Å². The van der Waals surface area contributed by atoms with Gasteiger partial charge >= 0.3 is 0 Å². The van der Waals surface area contributed by atoms with Crippen LogP contribution in [-0.2, 0) is 0 Å². The molecule has 5 heteroatoms. The van der Waals surface area contributed by atoms with E-state index < -0.39 is 0 Å². The molecule has 0 amide bonds. The summed E-state index contributed by atoms with van der Waals surface area (Å²) in [6.45, 7) is 2.00. The van der Waals surface area contributed by atoms with E-state index in [4.69, 9.17) is 5.26 Å². The Balaban J connectivity index is 1.99. The number of aryl methyl sites for hydroxylation is 1. The van der Waals surface area contributed by atoms with Gasteiger partial charge in [-0.25, -0.2) is 4.98 Å². The molecule has 5 nitrogen and oxygen atoms in total. The van der Waals surface area contributed by atoms with Crippen molar-refractivity contribution in [2.24, 2.45) is 0 Å². The summed E-state index contributed by atoms with van der Waals surface area (Å²) in [5, 5.41) is 19.2. The Morgan fingerprint density at radius 2 is 1.96 bits per heavy atom. The molecule has 0 unspecified atom stereocenters. The van der Waals surface area contributed by atoms with E-state index in [0.29, 0.717) is 11.3 Å². The first-order valence-corrected chi connectivity index (χ1v) is 7.11. The molecule has 0 saturated heterocycles. The van der Waals surface area contributed by atoms with Crippen LogP contribution in [-0.4, -0.2) is 14.4 Å². The van der Waals surface area contributed by atoms with E-state index in [9.17, 15) is 5.26 Å². The van der Waals surface area contributed by atoms with E-state index in [2.05, 4.69) is 16.0 Å². The molecule has 0 saturated carbocycles. The number of hydrogen-bond donors (Lipinski definition) is 1. The van der Waals surface area contributed by atoms with Gasteiger partial charge < -0.3 is 9.38 Å². The van der Waals surface area contributed by atoms with Crippen molar-refractivity contribution < 1.29 is 0 Å². The predicted octanol–water partition coefficient (Wildman–Crippen LogP) is 3.53. The van der Waals surface area contributed by atoms with E-state index in [1.807, 2.05) is 47.9 Å². The Bertz CT molecular complexity index is 1150. The van der Waals surface area contributed by atoms with E-state index >= 15 is 0 Å². The average Bonchev–Trinajstić information content (AvgIpc) is 3.18. The Hall–Kier alpha value is -3.57. The van der Waals surface area contributed by atoms with Gasteiger partial charge in [-0.1, -0.05) is 12.1 Å². The first-order chi connectivity index (χ1) is 11.2. The number of pyridine rings is 1. The minimum Gasteiger partial charge on any atom is -0.359 e. The number of H-pyrrole nitrogens is 1. The van der Waals surface area contributed by atoms with Crippen LogP contribution in [0.2, 0.25) is 0 Å². The van der Waals surface area contributed by atoms with Crippen molar-refractivity contribution in [3.05, 3.63) is 59.7 Å². The summed E-state index contributed by atoms with van der Waals surface area (Å²) in [5.74, 6) is 0. The third kappa shape index (κ3) is 1.88. The number of nitrogens with one attached hydrogen (secondary N) is 1. The van der Waals surface area contributed by atoms with Crippen molar-refractivity contribution in [2.45, 2.75) is 6.92 Å². The lowest BCUT2D eigenvalue weighted by atomic mass is 10.00. The van der Waals surface area contributed by atoms with E-state index in [1.165, 1.54) is 0 Å². The van der Waals surface area contributed by atoms with Crippen LogP contribution in [0.1, 0.15) is 16.8 Å². The number of aromatic amines is 1. The molecule has 0 aliphatic carbocycles. The quantitative estimate of drug-likeness (QED) is 0.583. The monoisotopic (exact) mass is 297 g/mol. The van der Waals surface area contributed by atoms with Gasteiger partial charge in [-0.2, -0.15) is 10.5 Å². The Morgan fingerprint density at radius 1 is 1.09 bits per heavy atom. The molecule has 23 heavy (non-hydrogen) atoms. The van der Waals surface area contributed by atoms with Gasteiger partial charge in [0.1, 0.15) is 17.8 Å². The highest BCUT2D eigenvalue weighted by atomic mass is 15.0. The van der Waals surface area contributed by atoms with Crippen LogP contribution in [0.4, 0.5) is 0 Å². The second-order valence-corrected chi connectivity index (χ2v) is 5.42. The minimum absolute atomic E-state index is 0.392. The third-order valence-corrected chi connectivity index (χ3v) is 4.04. The summed E-state index contributed by atoms with van der Waals surface area (Å²) < 4.78 is 1.84. The maximum absolute atomic E-state index is 9.27. The molecule has 0 radical (unpaired) electrons. The van der Waals surface area contributed by atoms with Crippen molar-refractivity contribution >= 4 is 16.6 Å². The van der Waals surface area contributed by atoms with Crippen LogP contribution in [0.15, 0.2) is 42.9 Å². The van der Waals surface area contributed by atoms with E-state index in [-0.39, 0.29) is 0 Å². The Labute approximate surface area is 132 Å². The summed E-state index contributed by atoms with van der Waals surface area (Å²) >= 11 is 0. The molecule has 1 aromatic carbocycles. The highest BCUT2D eigenvalue weighted by molar-refractivity contribution is 5.99.